The van der Waals surface area contributed by atoms with Crippen LogP contribution in [-0.2, 0) is 13.0 Å². The van der Waals surface area contributed by atoms with Gasteiger partial charge < -0.3 is 15.2 Å². The van der Waals surface area contributed by atoms with E-state index < -0.39 is 0 Å². The maximum absolute atomic E-state index is 9.46. The van der Waals surface area contributed by atoms with Crippen LogP contribution in [0.3, 0.4) is 0 Å². The van der Waals surface area contributed by atoms with E-state index in [9.17, 15) is 5.11 Å². The van der Waals surface area contributed by atoms with Crippen LogP contribution >= 0.6 is 0 Å². The van der Waals surface area contributed by atoms with E-state index in [0.717, 1.165) is 30.9 Å². The molecule has 3 nitrogen and oxygen atoms in total. The van der Waals surface area contributed by atoms with Crippen LogP contribution in [0.15, 0.2) is 42.5 Å². The summed E-state index contributed by atoms with van der Waals surface area (Å²) in [5.41, 5.74) is 3.66. The fourth-order valence-corrected chi connectivity index (χ4v) is 2.53. The number of aromatic hydroxyl groups is 1. The first-order valence-corrected chi connectivity index (χ1v) is 6.99. The zero-order valence-electron chi connectivity index (χ0n) is 11.6. The van der Waals surface area contributed by atoms with Gasteiger partial charge in [-0.15, -0.1) is 0 Å². The number of rotatable bonds is 4. The topological polar surface area (TPSA) is 41.5 Å². The summed E-state index contributed by atoms with van der Waals surface area (Å²) >= 11 is 0. The Morgan fingerprint density at radius 3 is 3.00 bits per heavy atom. The highest BCUT2D eigenvalue weighted by Gasteiger charge is 2.14. The van der Waals surface area contributed by atoms with Crippen molar-refractivity contribution >= 4 is 0 Å². The summed E-state index contributed by atoms with van der Waals surface area (Å²) in [6.07, 6.45) is 1.00. The molecule has 0 fully saturated rings. The molecule has 20 heavy (non-hydrogen) atoms. The molecule has 0 aliphatic carbocycles. The SMILES string of the molecule is C[C@@H](NCc1cccc(O)c1)c1ccc2c(c1)CCO2. The van der Waals surface area contributed by atoms with Crippen molar-refractivity contribution in [3.05, 3.63) is 59.2 Å². The molecular weight excluding hydrogens is 250 g/mol. The van der Waals surface area contributed by atoms with E-state index in [-0.39, 0.29) is 6.04 Å². The van der Waals surface area contributed by atoms with Crippen LogP contribution in [0.1, 0.15) is 29.7 Å². The van der Waals surface area contributed by atoms with E-state index in [1.54, 1.807) is 12.1 Å². The number of fused-ring (bicyclic) bond motifs is 1. The lowest BCUT2D eigenvalue weighted by Crippen LogP contribution is -2.18. The second kappa shape index (κ2) is 5.55. The van der Waals surface area contributed by atoms with Crippen molar-refractivity contribution in [2.24, 2.45) is 0 Å². The van der Waals surface area contributed by atoms with Crippen LogP contribution in [-0.4, -0.2) is 11.7 Å². The average molecular weight is 269 g/mol. The summed E-state index contributed by atoms with van der Waals surface area (Å²) < 4.78 is 5.53. The van der Waals surface area contributed by atoms with Gasteiger partial charge >= 0.3 is 0 Å². The number of hydrogen-bond donors (Lipinski definition) is 2. The maximum atomic E-state index is 9.46. The molecule has 3 heteroatoms. The lowest BCUT2D eigenvalue weighted by molar-refractivity contribution is 0.356. The highest BCUT2D eigenvalue weighted by atomic mass is 16.5. The molecule has 0 saturated carbocycles. The van der Waals surface area contributed by atoms with Gasteiger partial charge in [0.2, 0.25) is 0 Å². The molecule has 2 N–H and O–H groups in total. The van der Waals surface area contributed by atoms with Crippen molar-refractivity contribution in [2.45, 2.75) is 25.9 Å². The zero-order valence-corrected chi connectivity index (χ0v) is 11.6. The molecule has 3 rings (SSSR count). The highest BCUT2D eigenvalue weighted by Crippen LogP contribution is 2.28. The van der Waals surface area contributed by atoms with Gasteiger partial charge in [0.25, 0.3) is 0 Å². The summed E-state index contributed by atoms with van der Waals surface area (Å²) in [6.45, 7) is 3.69. The van der Waals surface area contributed by atoms with E-state index in [2.05, 4.69) is 30.4 Å². The number of phenolic OH excluding ortho intramolecular Hbond substituents is 1. The van der Waals surface area contributed by atoms with E-state index >= 15 is 0 Å². The van der Waals surface area contributed by atoms with E-state index in [1.165, 1.54) is 11.1 Å². The van der Waals surface area contributed by atoms with Crippen molar-refractivity contribution in [1.82, 2.24) is 5.32 Å². The molecule has 0 saturated heterocycles. The van der Waals surface area contributed by atoms with Gasteiger partial charge in [0, 0.05) is 19.0 Å². The molecule has 0 amide bonds. The molecule has 2 aromatic rings. The van der Waals surface area contributed by atoms with Gasteiger partial charge in [-0.25, -0.2) is 0 Å². The predicted octanol–water partition coefficient (Wildman–Crippen LogP) is 3.18. The fraction of sp³-hybridized carbons (Fsp3) is 0.294. The van der Waals surface area contributed by atoms with Crippen LogP contribution in [0.25, 0.3) is 0 Å². The number of phenols is 1. The molecule has 0 radical (unpaired) electrons. The summed E-state index contributed by atoms with van der Waals surface area (Å²) in [6, 6.07) is 14.0. The Morgan fingerprint density at radius 2 is 2.15 bits per heavy atom. The first-order chi connectivity index (χ1) is 9.72. The van der Waals surface area contributed by atoms with Crippen LogP contribution in [0.4, 0.5) is 0 Å². The molecule has 0 unspecified atom stereocenters. The Hall–Kier alpha value is -2.00. The van der Waals surface area contributed by atoms with Gasteiger partial charge in [-0.2, -0.15) is 0 Å². The van der Waals surface area contributed by atoms with Gasteiger partial charge in [-0.3, -0.25) is 0 Å². The van der Waals surface area contributed by atoms with E-state index in [4.69, 9.17) is 4.74 Å². The number of ether oxygens (including phenoxy) is 1. The molecule has 1 aliphatic rings. The first kappa shape index (κ1) is 13.0. The monoisotopic (exact) mass is 269 g/mol. The number of nitrogens with one attached hydrogen (secondary N) is 1. The van der Waals surface area contributed by atoms with Crippen molar-refractivity contribution in [1.29, 1.82) is 0 Å². The minimum absolute atomic E-state index is 0.267. The Morgan fingerprint density at radius 1 is 1.25 bits per heavy atom. The van der Waals surface area contributed by atoms with Gasteiger partial charge in [0.1, 0.15) is 11.5 Å². The molecule has 2 aromatic carbocycles. The maximum Gasteiger partial charge on any atom is 0.122 e. The van der Waals surface area contributed by atoms with Crippen LogP contribution < -0.4 is 10.1 Å². The van der Waals surface area contributed by atoms with Gasteiger partial charge in [0.15, 0.2) is 0 Å². The summed E-state index contributed by atoms with van der Waals surface area (Å²) in [4.78, 5) is 0. The van der Waals surface area contributed by atoms with E-state index in [0.29, 0.717) is 5.75 Å². The third-order valence-electron chi connectivity index (χ3n) is 3.74. The Balaban J connectivity index is 1.66. The number of benzene rings is 2. The highest BCUT2D eigenvalue weighted by molar-refractivity contribution is 5.40. The molecule has 0 aromatic heterocycles. The summed E-state index contributed by atoms with van der Waals surface area (Å²) in [5, 5.41) is 12.9. The van der Waals surface area contributed by atoms with E-state index in [1.807, 2.05) is 12.1 Å². The average Bonchev–Trinajstić information content (AvgIpc) is 2.92. The van der Waals surface area contributed by atoms with Gasteiger partial charge in [-0.05, 0) is 41.8 Å². The first-order valence-electron chi connectivity index (χ1n) is 6.99. The quantitative estimate of drug-likeness (QED) is 0.895. The molecule has 1 heterocycles. The lowest BCUT2D eigenvalue weighted by atomic mass is 10.0. The van der Waals surface area contributed by atoms with Crippen LogP contribution in [0.2, 0.25) is 0 Å². The van der Waals surface area contributed by atoms with Gasteiger partial charge in [-0.1, -0.05) is 24.3 Å². The molecule has 0 spiro atoms. The normalized spacial score (nSPS) is 14.7. The molecule has 104 valence electrons. The Kier molecular flexibility index (Phi) is 3.61. The molecule has 0 bridgehead atoms. The minimum Gasteiger partial charge on any atom is -0.508 e. The predicted molar refractivity (Wildman–Crippen MR) is 79.0 cm³/mol. The third kappa shape index (κ3) is 2.78. The van der Waals surface area contributed by atoms with Crippen molar-refractivity contribution < 1.29 is 9.84 Å². The second-order valence-electron chi connectivity index (χ2n) is 5.24. The molecule has 1 atom stereocenters. The van der Waals surface area contributed by atoms with Crippen molar-refractivity contribution in [3.63, 3.8) is 0 Å². The Labute approximate surface area is 119 Å². The fourth-order valence-electron chi connectivity index (χ4n) is 2.53. The van der Waals surface area contributed by atoms with Crippen molar-refractivity contribution in [2.75, 3.05) is 6.61 Å². The Bertz CT molecular complexity index is 610. The summed E-state index contributed by atoms with van der Waals surface area (Å²) in [7, 11) is 0. The second-order valence-corrected chi connectivity index (χ2v) is 5.24. The summed E-state index contributed by atoms with van der Waals surface area (Å²) in [5.74, 6) is 1.33. The molecular formula is C17H19NO2. The minimum atomic E-state index is 0.267. The smallest absolute Gasteiger partial charge is 0.122 e. The van der Waals surface area contributed by atoms with Crippen molar-refractivity contribution in [3.8, 4) is 11.5 Å². The number of hydrogen-bond acceptors (Lipinski definition) is 3. The standard InChI is InChI=1S/C17H19NO2/c1-12(18-11-13-3-2-4-16(19)9-13)14-5-6-17-15(10-14)7-8-20-17/h2-6,9-10,12,18-19H,7-8,11H2,1H3/t12-/m1/s1. The lowest BCUT2D eigenvalue weighted by Gasteiger charge is -2.15. The van der Waals surface area contributed by atoms with Crippen LogP contribution in [0, 0.1) is 0 Å². The molecule has 1 aliphatic heterocycles. The largest absolute Gasteiger partial charge is 0.508 e. The third-order valence-corrected chi connectivity index (χ3v) is 3.74. The van der Waals surface area contributed by atoms with Gasteiger partial charge in [0.05, 0.1) is 6.61 Å². The van der Waals surface area contributed by atoms with Crippen LogP contribution in [0.5, 0.6) is 11.5 Å². The zero-order chi connectivity index (χ0) is 13.9.